The molecule has 3 atom stereocenters. The third-order valence-electron chi connectivity index (χ3n) is 10.5. The van der Waals surface area contributed by atoms with E-state index in [1.807, 2.05) is 39.4 Å². The number of aliphatic hydroxyl groups is 1. The molecule has 0 heterocycles. The summed E-state index contributed by atoms with van der Waals surface area (Å²) in [6.07, 6.45) is 66.3. The fourth-order valence-corrected chi connectivity index (χ4v) is 7.24. The van der Waals surface area contributed by atoms with Crippen LogP contribution in [-0.4, -0.2) is 73.4 Å². The number of likely N-dealkylation sites (N-methyl/N-ethyl adjacent to an activating group) is 1. The summed E-state index contributed by atoms with van der Waals surface area (Å²) >= 11 is 0. The number of quaternary nitrogens is 1. The zero-order chi connectivity index (χ0) is 47.1. The van der Waals surface area contributed by atoms with Gasteiger partial charge in [0.05, 0.1) is 39.9 Å². The second-order valence-electron chi connectivity index (χ2n) is 17.8. The number of phosphoric acid groups is 1. The van der Waals surface area contributed by atoms with Crippen LogP contribution in [0.5, 0.6) is 0 Å². The number of carbonyl (C=O) groups is 1. The van der Waals surface area contributed by atoms with Gasteiger partial charge in [0.1, 0.15) is 13.2 Å². The van der Waals surface area contributed by atoms with E-state index >= 15 is 0 Å². The number of allylic oxidation sites excluding steroid dienone is 17. The van der Waals surface area contributed by atoms with Crippen LogP contribution in [0.2, 0.25) is 0 Å². The van der Waals surface area contributed by atoms with Gasteiger partial charge in [0, 0.05) is 6.42 Å². The van der Waals surface area contributed by atoms with E-state index in [0.717, 1.165) is 64.2 Å². The third kappa shape index (κ3) is 47.1. The summed E-state index contributed by atoms with van der Waals surface area (Å²) in [4.78, 5) is 23.2. The van der Waals surface area contributed by atoms with Gasteiger partial charge < -0.3 is 19.8 Å². The van der Waals surface area contributed by atoms with Crippen molar-refractivity contribution in [3.63, 3.8) is 0 Å². The highest BCUT2D eigenvalue weighted by molar-refractivity contribution is 7.47. The molecule has 0 rings (SSSR count). The zero-order valence-corrected chi connectivity index (χ0v) is 42.4. The fourth-order valence-electron chi connectivity index (χ4n) is 6.51. The maximum Gasteiger partial charge on any atom is 0.472 e. The lowest BCUT2D eigenvalue weighted by Crippen LogP contribution is -2.45. The molecule has 9 heteroatoms. The summed E-state index contributed by atoms with van der Waals surface area (Å²) in [6, 6.07) is -0.918. The maximum atomic E-state index is 12.9. The molecule has 0 fully saturated rings. The smallest absolute Gasteiger partial charge is 0.387 e. The molecule has 0 aromatic heterocycles. The number of carbonyl (C=O) groups excluding carboxylic acids is 1. The summed E-state index contributed by atoms with van der Waals surface area (Å²) in [5.41, 5.74) is 0. The van der Waals surface area contributed by atoms with Crippen LogP contribution in [0.4, 0.5) is 0 Å². The molecule has 0 bridgehead atoms. The van der Waals surface area contributed by atoms with E-state index in [0.29, 0.717) is 17.4 Å². The Morgan fingerprint density at radius 2 is 0.953 bits per heavy atom. The van der Waals surface area contributed by atoms with Crippen molar-refractivity contribution >= 4 is 13.7 Å². The Balaban J connectivity index is 4.54. The van der Waals surface area contributed by atoms with E-state index in [9.17, 15) is 19.4 Å². The molecule has 0 aliphatic rings. The minimum absolute atomic E-state index is 0.0338. The monoisotopic (exact) mass is 912 g/mol. The average Bonchev–Trinajstić information content (AvgIpc) is 3.25. The van der Waals surface area contributed by atoms with Gasteiger partial charge in [-0.05, 0) is 83.5 Å². The highest BCUT2D eigenvalue weighted by Crippen LogP contribution is 2.43. The van der Waals surface area contributed by atoms with Crippen LogP contribution in [0.3, 0.4) is 0 Å². The van der Waals surface area contributed by atoms with Gasteiger partial charge in [-0.15, -0.1) is 0 Å². The molecule has 3 unspecified atom stereocenters. The SMILES string of the molecule is CC/C=C\C/C=C\C/C=C\C/C=C\C/C=C\C/C=C\CCC(=O)NC(COP(=O)(O)OCC[N+](C)(C)C)C(O)/C=C/CC/C=C/CC/C=C/CCCCCCCCCCCCCCC. The summed E-state index contributed by atoms with van der Waals surface area (Å²) < 4.78 is 23.6. The van der Waals surface area contributed by atoms with Crippen LogP contribution >= 0.6 is 7.82 Å². The molecule has 0 aromatic carbocycles. The third-order valence-corrected chi connectivity index (χ3v) is 11.5. The van der Waals surface area contributed by atoms with Crippen LogP contribution in [-0.2, 0) is 18.4 Å². The number of nitrogens with zero attached hydrogens (tertiary/aromatic N) is 1. The van der Waals surface area contributed by atoms with E-state index in [1.54, 1.807) is 6.08 Å². The van der Waals surface area contributed by atoms with Gasteiger partial charge in [0.25, 0.3) is 0 Å². The maximum absolute atomic E-state index is 12.9. The normalized spacial score (nSPS) is 15.0. The number of aliphatic hydroxyl groups excluding tert-OH is 1. The largest absolute Gasteiger partial charge is 0.472 e. The second kappa shape index (κ2) is 45.3. The first-order valence-corrected chi connectivity index (χ1v) is 26.8. The van der Waals surface area contributed by atoms with Crippen molar-refractivity contribution in [1.29, 1.82) is 0 Å². The molecular weight excluding hydrogens is 816 g/mol. The highest BCUT2D eigenvalue weighted by atomic mass is 31.2. The van der Waals surface area contributed by atoms with Gasteiger partial charge in [-0.2, -0.15) is 0 Å². The molecule has 0 saturated heterocycles. The summed E-state index contributed by atoms with van der Waals surface area (Å²) in [5, 5.41) is 13.8. The first-order valence-electron chi connectivity index (χ1n) is 25.3. The minimum Gasteiger partial charge on any atom is -0.387 e. The van der Waals surface area contributed by atoms with Gasteiger partial charge in [-0.25, -0.2) is 4.57 Å². The predicted octanol–water partition coefficient (Wildman–Crippen LogP) is 14.9. The van der Waals surface area contributed by atoms with Gasteiger partial charge in [0.2, 0.25) is 5.91 Å². The molecule has 64 heavy (non-hydrogen) atoms. The standard InChI is InChI=1S/C55H95N2O6P/c1-6-8-10-12-14-16-18-20-22-24-26-27-28-29-31-32-34-36-38-40-42-44-46-48-54(58)53(52-63-64(60,61)62-51-50-57(3,4)5)56-55(59)49-47-45-43-41-39-37-35-33-30-25-23-21-19-17-15-13-11-9-7-2/h9,11,15,17,21,23,30-33,37-40,43,45-46,48,53-54,58H,6-8,10,12-14,16,18-20,22,24-29,34-36,41-42,44,47,49-52H2,1-5H3,(H-,56,59,60,61)/p+1/b11-9-,17-15-,23-21-,32-31+,33-30-,39-37-,40-38+,45-43-,48-46+. The number of rotatable bonds is 44. The van der Waals surface area contributed by atoms with Crippen molar-refractivity contribution in [2.75, 3.05) is 40.9 Å². The van der Waals surface area contributed by atoms with Crippen molar-refractivity contribution in [2.24, 2.45) is 0 Å². The Morgan fingerprint density at radius 3 is 1.42 bits per heavy atom. The molecule has 8 nitrogen and oxygen atoms in total. The summed E-state index contributed by atoms with van der Waals surface area (Å²) in [6.45, 7) is 4.60. The summed E-state index contributed by atoms with van der Waals surface area (Å²) in [5.74, 6) is -0.277. The van der Waals surface area contributed by atoms with Crippen LogP contribution < -0.4 is 5.32 Å². The topological polar surface area (TPSA) is 105 Å². The molecule has 366 valence electrons. The zero-order valence-electron chi connectivity index (χ0n) is 41.5. The van der Waals surface area contributed by atoms with Crippen LogP contribution in [0.1, 0.15) is 181 Å². The van der Waals surface area contributed by atoms with E-state index in [2.05, 4.69) is 104 Å². The lowest BCUT2D eigenvalue weighted by molar-refractivity contribution is -0.870. The van der Waals surface area contributed by atoms with E-state index in [1.165, 1.54) is 89.9 Å². The molecule has 0 radical (unpaired) electrons. The van der Waals surface area contributed by atoms with Crippen molar-refractivity contribution < 1.29 is 32.9 Å². The Bertz CT molecular complexity index is 1400. The van der Waals surface area contributed by atoms with E-state index < -0.39 is 20.0 Å². The van der Waals surface area contributed by atoms with Crippen LogP contribution in [0.15, 0.2) is 109 Å². The first-order chi connectivity index (χ1) is 31.0. The minimum atomic E-state index is -4.38. The van der Waals surface area contributed by atoms with Gasteiger partial charge in [-0.3, -0.25) is 13.8 Å². The average molecular weight is 912 g/mol. The number of nitrogens with one attached hydrogen (secondary N) is 1. The highest BCUT2D eigenvalue weighted by Gasteiger charge is 2.27. The quantitative estimate of drug-likeness (QED) is 0.0243. The van der Waals surface area contributed by atoms with Crippen molar-refractivity contribution in [2.45, 2.75) is 193 Å². The predicted molar refractivity (Wildman–Crippen MR) is 276 cm³/mol. The molecule has 0 aromatic rings. The number of phosphoric ester groups is 1. The summed E-state index contributed by atoms with van der Waals surface area (Å²) in [7, 11) is 1.48. The number of unbranched alkanes of at least 4 members (excludes halogenated alkanes) is 15. The molecular formula is C55H96N2O6P+. The van der Waals surface area contributed by atoms with E-state index in [4.69, 9.17) is 9.05 Å². The van der Waals surface area contributed by atoms with Gasteiger partial charge in [-0.1, -0.05) is 200 Å². The van der Waals surface area contributed by atoms with Crippen molar-refractivity contribution in [3.05, 3.63) is 109 Å². The second-order valence-corrected chi connectivity index (χ2v) is 19.2. The lowest BCUT2D eigenvalue weighted by Gasteiger charge is -2.25. The van der Waals surface area contributed by atoms with Crippen molar-refractivity contribution in [3.8, 4) is 0 Å². The Kier molecular flexibility index (Phi) is 43.3. The van der Waals surface area contributed by atoms with Crippen LogP contribution in [0, 0.1) is 0 Å². The molecule has 0 aliphatic carbocycles. The van der Waals surface area contributed by atoms with Crippen LogP contribution in [0.25, 0.3) is 0 Å². The molecule has 0 aliphatic heterocycles. The van der Waals surface area contributed by atoms with Gasteiger partial charge in [0.15, 0.2) is 0 Å². The first kappa shape index (κ1) is 61.2. The fraction of sp³-hybridized carbons (Fsp3) is 0.655. The van der Waals surface area contributed by atoms with E-state index in [-0.39, 0.29) is 25.5 Å². The number of hydrogen-bond acceptors (Lipinski definition) is 5. The number of amides is 1. The molecule has 1 amide bonds. The Labute approximate surface area is 393 Å². The Hall–Kier alpha value is -2.84. The molecule has 0 spiro atoms. The van der Waals surface area contributed by atoms with Gasteiger partial charge >= 0.3 is 7.82 Å². The Morgan fingerprint density at radius 1 is 0.547 bits per heavy atom. The lowest BCUT2D eigenvalue weighted by atomic mass is 10.0. The molecule has 0 saturated carbocycles. The molecule has 3 N–H and O–H groups in total. The number of hydrogen-bond donors (Lipinski definition) is 3. The van der Waals surface area contributed by atoms with Crippen molar-refractivity contribution in [1.82, 2.24) is 5.32 Å².